The van der Waals surface area contributed by atoms with Gasteiger partial charge in [-0.1, -0.05) is 6.58 Å². The summed E-state index contributed by atoms with van der Waals surface area (Å²) in [5, 5.41) is 1.98. The molecule has 0 bridgehead atoms. The summed E-state index contributed by atoms with van der Waals surface area (Å²) in [6.45, 7) is 11.9. The second kappa shape index (κ2) is 6.19. The van der Waals surface area contributed by atoms with Gasteiger partial charge >= 0.3 is 0 Å². The average Bonchev–Trinajstić information content (AvgIpc) is 2.14. The topological polar surface area (TPSA) is 71.9 Å². The van der Waals surface area contributed by atoms with Crippen LogP contribution in [0.2, 0.25) is 0 Å². The second-order valence-electron chi connectivity index (χ2n) is 5.83. The maximum atomic E-state index is 6.25. The molecule has 0 aromatic rings. The van der Waals surface area contributed by atoms with Gasteiger partial charge in [-0.25, -0.2) is 0 Å². The van der Waals surface area contributed by atoms with Crippen molar-refractivity contribution in [2.45, 2.75) is 51.2 Å². The highest BCUT2D eigenvalue weighted by molar-refractivity contribution is 5.01. The van der Waals surface area contributed by atoms with Crippen LogP contribution in [-0.2, 0) is 0 Å². The second-order valence-corrected chi connectivity index (χ2v) is 5.83. The molecule has 0 aliphatic heterocycles. The van der Waals surface area contributed by atoms with Gasteiger partial charge in [0.25, 0.3) is 0 Å². The van der Waals surface area contributed by atoms with Crippen molar-refractivity contribution >= 4 is 0 Å². The summed E-state index contributed by atoms with van der Waals surface area (Å²) in [5.74, 6) is 0. The van der Waals surface area contributed by atoms with Crippen LogP contribution in [0.5, 0.6) is 0 Å². The van der Waals surface area contributed by atoms with Crippen LogP contribution in [0.3, 0.4) is 0 Å². The normalized spacial score (nSPS) is 15.0. The largest absolute Gasteiger partial charge is 0.345 e. The SMILES string of the molecule is C=CN(/C=C\[NH2+]C)C(CC(C)(C)N)C(C)(C)N. The third-order valence-electron chi connectivity index (χ3n) is 2.60. The highest BCUT2D eigenvalue weighted by Crippen LogP contribution is 2.22. The van der Waals surface area contributed by atoms with E-state index in [2.05, 4.69) is 6.58 Å². The van der Waals surface area contributed by atoms with Gasteiger partial charge in [0.1, 0.15) is 6.20 Å². The molecular weight excluding hydrogens is 212 g/mol. The van der Waals surface area contributed by atoms with Crippen molar-refractivity contribution < 1.29 is 5.32 Å². The lowest BCUT2D eigenvalue weighted by atomic mass is 9.84. The number of hydrogen-bond acceptors (Lipinski definition) is 3. The molecule has 0 fully saturated rings. The summed E-state index contributed by atoms with van der Waals surface area (Å²) in [6, 6.07) is 0.121. The highest BCUT2D eigenvalue weighted by Gasteiger charge is 2.32. The predicted molar refractivity (Wildman–Crippen MR) is 74.0 cm³/mol. The first-order valence-electron chi connectivity index (χ1n) is 6.05. The Balaban J connectivity index is 5.02. The smallest absolute Gasteiger partial charge is 0.109 e. The van der Waals surface area contributed by atoms with E-state index in [1.54, 1.807) is 6.20 Å². The standard InChI is InChI=1S/C13H28N4/c1-7-17(9-8-16-6)11(13(4,5)15)10-12(2,3)14/h7-9,11,16H,1,10,14-15H2,2-6H3/p+1/b9-8-. The highest BCUT2D eigenvalue weighted by atomic mass is 15.2. The summed E-state index contributed by atoms with van der Waals surface area (Å²) in [4.78, 5) is 2.04. The first-order chi connectivity index (χ1) is 7.61. The van der Waals surface area contributed by atoms with Crippen molar-refractivity contribution in [3.05, 3.63) is 25.2 Å². The molecule has 0 radical (unpaired) electrons. The zero-order valence-corrected chi connectivity index (χ0v) is 11.9. The molecule has 6 N–H and O–H groups in total. The van der Waals surface area contributed by atoms with Gasteiger partial charge in [0.2, 0.25) is 0 Å². The average molecular weight is 241 g/mol. The van der Waals surface area contributed by atoms with E-state index in [0.29, 0.717) is 0 Å². The minimum atomic E-state index is -0.344. The molecule has 4 nitrogen and oxygen atoms in total. The van der Waals surface area contributed by atoms with Gasteiger partial charge in [-0.05, 0) is 40.3 Å². The Bertz CT molecular complexity index is 258. The molecule has 0 spiro atoms. The number of nitrogens with two attached hydrogens (primary N) is 3. The summed E-state index contributed by atoms with van der Waals surface area (Å²) in [5.41, 5.74) is 11.7. The van der Waals surface area contributed by atoms with E-state index < -0.39 is 0 Å². The molecule has 0 aliphatic carbocycles. The molecule has 100 valence electrons. The van der Waals surface area contributed by atoms with Gasteiger partial charge in [-0.15, -0.1) is 0 Å². The Kier molecular flexibility index (Phi) is 5.88. The molecule has 0 heterocycles. The fourth-order valence-corrected chi connectivity index (χ4v) is 1.73. The van der Waals surface area contributed by atoms with Crippen molar-refractivity contribution in [1.29, 1.82) is 0 Å². The number of nitrogens with zero attached hydrogens (tertiary/aromatic N) is 1. The molecule has 0 aromatic heterocycles. The number of rotatable bonds is 7. The maximum Gasteiger partial charge on any atom is 0.109 e. The Morgan fingerprint density at radius 1 is 1.29 bits per heavy atom. The molecule has 17 heavy (non-hydrogen) atoms. The molecule has 4 heteroatoms. The van der Waals surface area contributed by atoms with E-state index in [1.807, 2.05) is 57.4 Å². The van der Waals surface area contributed by atoms with Crippen molar-refractivity contribution in [3.8, 4) is 0 Å². The molecule has 0 amide bonds. The predicted octanol–water partition coefficient (Wildman–Crippen LogP) is 0.330. The number of hydrogen-bond donors (Lipinski definition) is 3. The molecule has 0 rings (SSSR count). The molecule has 0 saturated heterocycles. The van der Waals surface area contributed by atoms with Crippen LogP contribution in [0.25, 0.3) is 0 Å². The summed E-state index contributed by atoms with van der Waals surface area (Å²) in [6.07, 6.45) is 6.56. The minimum Gasteiger partial charge on any atom is -0.345 e. The monoisotopic (exact) mass is 241 g/mol. The summed E-state index contributed by atoms with van der Waals surface area (Å²) < 4.78 is 0. The molecular formula is C13H29N4+. The molecule has 1 unspecified atom stereocenters. The van der Waals surface area contributed by atoms with E-state index in [9.17, 15) is 0 Å². The Morgan fingerprint density at radius 2 is 1.82 bits per heavy atom. The van der Waals surface area contributed by atoms with Gasteiger partial charge in [0, 0.05) is 11.1 Å². The van der Waals surface area contributed by atoms with Gasteiger partial charge < -0.3 is 21.7 Å². The first kappa shape index (κ1) is 16.2. The van der Waals surface area contributed by atoms with E-state index >= 15 is 0 Å². The van der Waals surface area contributed by atoms with Crippen LogP contribution < -0.4 is 16.8 Å². The van der Waals surface area contributed by atoms with Gasteiger partial charge in [0.05, 0.1) is 19.3 Å². The van der Waals surface area contributed by atoms with Gasteiger partial charge in [-0.3, -0.25) is 0 Å². The van der Waals surface area contributed by atoms with E-state index in [-0.39, 0.29) is 17.1 Å². The van der Waals surface area contributed by atoms with Gasteiger partial charge in [0.15, 0.2) is 0 Å². The minimum absolute atomic E-state index is 0.121. The molecule has 0 saturated carbocycles. The lowest BCUT2D eigenvalue weighted by molar-refractivity contribution is -0.557. The van der Waals surface area contributed by atoms with Crippen LogP contribution in [-0.4, -0.2) is 29.1 Å². The van der Waals surface area contributed by atoms with Crippen molar-refractivity contribution in [2.24, 2.45) is 11.5 Å². The third kappa shape index (κ3) is 6.46. The van der Waals surface area contributed by atoms with E-state index in [0.717, 1.165) is 6.42 Å². The van der Waals surface area contributed by atoms with Crippen molar-refractivity contribution in [1.82, 2.24) is 4.90 Å². The fraction of sp³-hybridized carbons (Fsp3) is 0.692. The molecule has 0 aromatic carbocycles. The fourth-order valence-electron chi connectivity index (χ4n) is 1.73. The lowest BCUT2D eigenvalue weighted by Gasteiger charge is -2.40. The zero-order chi connectivity index (χ0) is 13.7. The maximum absolute atomic E-state index is 6.25. The van der Waals surface area contributed by atoms with E-state index in [4.69, 9.17) is 11.5 Å². The number of quaternary nitrogens is 1. The quantitative estimate of drug-likeness (QED) is 0.601. The van der Waals surface area contributed by atoms with Crippen LogP contribution >= 0.6 is 0 Å². The van der Waals surface area contributed by atoms with Crippen LogP contribution in [0.4, 0.5) is 0 Å². The van der Waals surface area contributed by atoms with Gasteiger partial charge in [-0.2, -0.15) is 0 Å². The Morgan fingerprint density at radius 3 is 2.12 bits per heavy atom. The summed E-state index contributed by atoms with van der Waals surface area (Å²) in [7, 11) is 1.98. The molecule has 0 aliphatic rings. The van der Waals surface area contributed by atoms with Crippen LogP contribution in [0.1, 0.15) is 34.1 Å². The van der Waals surface area contributed by atoms with Crippen LogP contribution in [0.15, 0.2) is 25.2 Å². The van der Waals surface area contributed by atoms with E-state index in [1.165, 1.54) is 0 Å². The third-order valence-corrected chi connectivity index (χ3v) is 2.60. The first-order valence-corrected chi connectivity index (χ1v) is 6.05. The van der Waals surface area contributed by atoms with Crippen LogP contribution in [0, 0.1) is 0 Å². The Labute approximate surface area is 106 Å². The Hall–Kier alpha value is -0.840. The zero-order valence-electron chi connectivity index (χ0n) is 11.9. The molecule has 1 atom stereocenters. The summed E-state index contributed by atoms with van der Waals surface area (Å²) >= 11 is 0. The lowest BCUT2D eigenvalue weighted by Crippen LogP contribution is -2.73. The van der Waals surface area contributed by atoms with Crippen molar-refractivity contribution in [2.75, 3.05) is 7.05 Å². The van der Waals surface area contributed by atoms with Crippen molar-refractivity contribution in [3.63, 3.8) is 0 Å².